The number of Topliss-reactive ketones (excluding diaryl/α,β-unsaturated/α-hetero) is 1. The van der Waals surface area contributed by atoms with Crippen molar-refractivity contribution in [3.05, 3.63) is 47.0 Å². The Morgan fingerprint density at radius 3 is 2.47 bits per heavy atom. The van der Waals surface area contributed by atoms with Gasteiger partial charge in [-0.3, -0.25) is 4.79 Å². The third kappa shape index (κ3) is 3.50. The summed E-state index contributed by atoms with van der Waals surface area (Å²) in [6.07, 6.45) is 2.31. The first-order chi connectivity index (χ1) is 9.08. The van der Waals surface area contributed by atoms with Crippen LogP contribution in [0.25, 0.3) is 0 Å². The molecule has 4 nitrogen and oxygen atoms in total. The zero-order valence-electron chi connectivity index (χ0n) is 11.7. The molecule has 0 saturated heterocycles. The van der Waals surface area contributed by atoms with Gasteiger partial charge in [0.05, 0.1) is 6.42 Å². The van der Waals surface area contributed by atoms with Gasteiger partial charge in [0.1, 0.15) is 17.9 Å². The standard InChI is InChI=1S/C15H19N3O/c1-4-18-15(16-10-17-18)9-14(19)8-13-6-11(2)5-12(3)7-13/h5-7,10H,4,8-9H2,1-3H3. The Bertz CT molecular complexity index is 567. The summed E-state index contributed by atoms with van der Waals surface area (Å²) >= 11 is 0. The van der Waals surface area contributed by atoms with Gasteiger partial charge < -0.3 is 0 Å². The van der Waals surface area contributed by atoms with Crippen LogP contribution in [0.4, 0.5) is 0 Å². The van der Waals surface area contributed by atoms with Crippen molar-refractivity contribution in [2.75, 3.05) is 0 Å². The molecule has 0 N–H and O–H groups in total. The lowest BCUT2D eigenvalue weighted by molar-refractivity contribution is -0.117. The second kappa shape index (κ2) is 5.78. The molecule has 2 rings (SSSR count). The van der Waals surface area contributed by atoms with Gasteiger partial charge in [-0.25, -0.2) is 9.67 Å². The van der Waals surface area contributed by atoms with Gasteiger partial charge in [0.15, 0.2) is 0 Å². The molecule has 0 aliphatic heterocycles. The summed E-state index contributed by atoms with van der Waals surface area (Å²) < 4.78 is 1.76. The first-order valence-corrected chi connectivity index (χ1v) is 6.54. The lowest BCUT2D eigenvalue weighted by atomic mass is 10.0. The Balaban J connectivity index is 2.05. The first kappa shape index (κ1) is 13.5. The highest BCUT2D eigenvalue weighted by Gasteiger charge is 2.10. The molecule has 0 radical (unpaired) electrons. The molecule has 4 heteroatoms. The topological polar surface area (TPSA) is 47.8 Å². The maximum atomic E-state index is 12.1. The van der Waals surface area contributed by atoms with Crippen LogP contribution in [-0.2, 0) is 24.2 Å². The van der Waals surface area contributed by atoms with Crippen molar-refractivity contribution >= 4 is 5.78 Å². The quantitative estimate of drug-likeness (QED) is 0.825. The average molecular weight is 257 g/mol. The second-order valence-electron chi connectivity index (χ2n) is 4.88. The lowest BCUT2D eigenvalue weighted by Crippen LogP contribution is -2.12. The van der Waals surface area contributed by atoms with Gasteiger partial charge >= 0.3 is 0 Å². The molecule has 0 unspecified atom stereocenters. The predicted molar refractivity (Wildman–Crippen MR) is 74.0 cm³/mol. The SMILES string of the molecule is CCn1ncnc1CC(=O)Cc1cc(C)cc(C)c1. The number of hydrogen-bond acceptors (Lipinski definition) is 3. The van der Waals surface area contributed by atoms with E-state index in [2.05, 4.69) is 42.1 Å². The van der Waals surface area contributed by atoms with Crippen LogP contribution in [-0.4, -0.2) is 20.5 Å². The van der Waals surface area contributed by atoms with E-state index in [0.717, 1.165) is 17.9 Å². The van der Waals surface area contributed by atoms with Crippen LogP contribution in [0, 0.1) is 13.8 Å². The number of carbonyl (C=O) groups is 1. The van der Waals surface area contributed by atoms with Crippen LogP contribution in [0.2, 0.25) is 0 Å². The van der Waals surface area contributed by atoms with E-state index in [0.29, 0.717) is 12.8 Å². The minimum atomic E-state index is 0.174. The van der Waals surface area contributed by atoms with Gasteiger partial charge in [-0.2, -0.15) is 5.10 Å². The van der Waals surface area contributed by atoms with Crippen molar-refractivity contribution < 1.29 is 4.79 Å². The third-order valence-corrected chi connectivity index (χ3v) is 3.03. The minimum Gasteiger partial charge on any atom is -0.299 e. The number of benzene rings is 1. The number of aryl methyl sites for hydroxylation is 3. The summed E-state index contributed by atoms with van der Waals surface area (Å²) in [5.74, 6) is 0.921. The highest BCUT2D eigenvalue weighted by Crippen LogP contribution is 2.10. The number of nitrogens with zero attached hydrogens (tertiary/aromatic N) is 3. The summed E-state index contributed by atoms with van der Waals surface area (Å²) in [5.41, 5.74) is 3.46. The van der Waals surface area contributed by atoms with E-state index < -0.39 is 0 Å². The van der Waals surface area contributed by atoms with Crippen molar-refractivity contribution in [2.24, 2.45) is 0 Å². The van der Waals surface area contributed by atoms with Crippen LogP contribution >= 0.6 is 0 Å². The van der Waals surface area contributed by atoms with Crippen LogP contribution in [0.5, 0.6) is 0 Å². The summed E-state index contributed by atoms with van der Waals surface area (Å²) in [5, 5.41) is 4.08. The Kier molecular flexibility index (Phi) is 4.10. The van der Waals surface area contributed by atoms with Crippen LogP contribution in [0.1, 0.15) is 29.4 Å². The number of rotatable bonds is 5. The fourth-order valence-corrected chi connectivity index (χ4v) is 2.33. The Morgan fingerprint density at radius 1 is 1.16 bits per heavy atom. The number of hydrogen-bond donors (Lipinski definition) is 0. The normalized spacial score (nSPS) is 10.7. The predicted octanol–water partition coefficient (Wildman–Crippen LogP) is 2.27. The molecule has 0 aliphatic carbocycles. The zero-order valence-corrected chi connectivity index (χ0v) is 11.7. The van der Waals surface area contributed by atoms with Gasteiger partial charge in [0.2, 0.25) is 0 Å². The summed E-state index contributed by atoms with van der Waals surface area (Å²) in [7, 11) is 0. The molecule has 1 aromatic heterocycles. The van der Waals surface area contributed by atoms with Gasteiger partial charge in [-0.05, 0) is 26.3 Å². The van der Waals surface area contributed by atoms with Crippen molar-refractivity contribution in [3.63, 3.8) is 0 Å². The first-order valence-electron chi connectivity index (χ1n) is 6.54. The van der Waals surface area contributed by atoms with Gasteiger partial charge in [0.25, 0.3) is 0 Å². The van der Waals surface area contributed by atoms with Crippen molar-refractivity contribution in [1.82, 2.24) is 14.8 Å². The third-order valence-electron chi connectivity index (χ3n) is 3.03. The van der Waals surface area contributed by atoms with Gasteiger partial charge in [-0.1, -0.05) is 29.3 Å². The Morgan fingerprint density at radius 2 is 1.84 bits per heavy atom. The lowest BCUT2D eigenvalue weighted by Gasteiger charge is -2.05. The van der Waals surface area contributed by atoms with E-state index in [1.54, 1.807) is 4.68 Å². The fourth-order valence-electron chi connectivity index (χ4n) is 2.33. The van der Waals surface area contributed by atoms with Crippen molar-refractivity contribution in [2.45, 2.75) is 40.2 Å². The monoisotopic (exact) mass is 257 g/mol. The largest absolute Gasteiger partial charge is 0.299 e. The van der Waals surface area contributed by atoms with E-state index >= 15 is 0 Å². The Hall–Kier alpha value is -1.97. The molecule has 1 aromatic carbocycles. The number of carbonyl (C=O) groups excluding carboxylic acids is 1. The number of ketones is 1. The molecule has 0 saturated carbocycles. The average Bonchev–Trinajstić information content (AvgIpc) is 2.74. The molecule has 0 aliphatic rings. The van der Waals surface area contributed by atoms with Crippen molar-refractivity contribution in [3.8, 4) is 0 Å². The molecular weight excluding hydrogens is 238 g/mol. The summed E-state index contributed by atoms with van der Waals surface area (Å²) in [6, 6.07) is 6.24. The maximum Gasteiger partial charge on any atom is 0.144 e. The van der Waals surface area contributed by atoms with E-state index in [4.69, 9.17) is 0 Å². The Labute approximate surface area is 113 Å². The fraction of sp³-hybridized carbons (Fsp3) is 0.400. The molecule has 0 spiro atoms. The molecular formula is C15H19N3O. The minimum absolute atomic E-state index is 0.174. The van der Waals surface area contributed by atoms with Crippen LogP contribution in [0.15, 0.2) is 24.5 Å². The summed E-state index contributed by atoms with van der Waals surface area (Å²) in [6.45, 7) is 6.84. The molecule has 100 valence electrons. The van der Waals surface area contributed by atoms with Gasteiger partial charge in [-0.15, -0.1) is 0 Å². The van der Waals surface area contributed by atoms with Crippen molar-refractivity contribution in [1.29, 1.82) is 0 Å². The van der Waals surface area contributed by atoms with E-state index in [1.165, 1.54) is 17.5 Å². The smallest absolute Gasteiger partial charge is 0.144 e. The zero-order chi connectivity index (χ0) is 13.8. The highest BCUT2D eigenvalue weighted by molar-refractivity contribution is 5.82. The molecule has 0 bridgehead atoms. The molecule has 0 fully saturated rings. The molecule has 1 heterocycles. The molecule has 0 amide bonds. The maximum absolute atomic E-state index is 12.1. The molecule has 2 aromatic rings. The molecule has 0 atom stereocenters. The number of aromatic nitrogens is 3. The van der Waals surface area contributed by atoms with E-state index in [-0.39, 0.29) is 5.78 Å². The highest BCUT2D eigenvalue weighted by atomic mass is 16.1. The van der Waals surface area contributed by atoms with Crippen LogP contribution < -0.4 is 0 Å². The van der Waals surface area contributed by atoms with Crippen LogP contribution in [0.3, 0.4) is 0 Å². The van der Waals surface area contributed by atoms with E-state index in [9.17, 15) is 4.79 Å². The molecule has 19 heavy (non-hydrogen) atoms. The van der Waals surface area contributed by atoms with E-state index in [1.807, 2.05) is 6.92 Å². The second-order valence-corrected chi connectivity index (χ2v) is 4.88. The van der Waals surface area contributed by atoms with Gasteiger partial charge in [0, 0.05) is 13.0 Å². The summed E-state index contributed by atoms with van der Waals surface area (Å²) in [4.78, 5) is 16.2.